The van der Waals surface area contributed by atoms with Gasteiger partial charge in [-0.1, -0.05) is 18.9 Å². The fraction of sp³-hybridized carbons (Fsp3) is 0.538. The molecule has 1 aromatic rings. The smallest absolute Gasteiger partial charge is 0.123 e. The Kier molecular flexibility index (Phi) is 2.06. The summed E-state index contributed by atoms with van der Waals surface area (Å²) in [5.74, 6) is -0.113. The van der Waals surface area contributed by atoms with Gasteiger partial charge in [0.15, 0.2) is 0 Å². The molecule has 0 atom stereocenters. The fourth-order valence-corrected chi connectivity index (χ4v) is 3.05. The normalized spacial score (nSPS) is 23.0. The predicted molar refractivity (Wildman–Crippen MR) is 58.1 cm³/mol. The standard InChI is InChI=1S/C13H16FN/c14-12-4-3-10-8-13(5-1-2-6-13)15-9-11(10)7-12/h3-4,7,15H,1-2,5-6,8-9H2. The summed E-state index contributed by atoms with van der Waals surface area (Å²) in [5.41, 5.74) is 2.83. The Hall–Kier alpha value is -0.890. The first-order valence-corrected chi connectivity index (χ1v) is 5.80. The first-order chi connectivity index (χ1) is 7.27. The van der Waals surface area contributed by atoms with Crippen molar-refractivity contribution >= 4 is 0 Å². The average Bonchev–Trinajstić information content (AvgIpc) is 2.67. The van der Waals surface area contributed by atoms with Crippen molar-refractivity contribution in [2.24, 2.45) is 0 Å². The molecule has 15 heavy (non-hydrogen) atoms. The maximum absolute atomic E-state index is 13.0. The van der Waals surface area contributed by atoms with Crippen molar-refractivity contribution < 1.29 is 4.39 Å². The van der Waals surface area contributed by atoms with Gasteiger partial charge in [-0.25, -0.2) is 4.39 Å². The van der Waals surface area contributed by atoms with E-state index in [-0.39, 0.29) is 5.82 Å². The van der Waals surface area contributed by atoms with Crippen LogP contribution in [-0.4, -0.2) is 5.54 Å². The van der Waals surface area contributed by atoms with Crippen molar-refractivity contribution in [2.45, 2.75) is 44.2 Å². The van der Waals surface area contributed by atoms with Gasteiger partial charge in [0.1, 0.15) is 5.82 Å². The van der Waals surface area contributed by atoms with Crippen LogP contribution in [0.25, 0.3) is 0 Å². The number of hydrogen-bond acceptors (Lipinski definition) is 1. The Morgan fingerprint density at radius 3 is 2.73 bits per heavy atom. The van der Waals surface area contributed by atoms with Gasteiger partial charge in [-0.15, -0.1) is 0 Å². The molecule has 2 heteroatoms. The predicted octanol–water partition coefficient (Wildman–Crippen LogP) is 2.78. The van der Waals surface area contributed by atoms with E-state index >= 15 is 0 Å². The summed E-state index contributed by atoms with van der Waals surface area (Å²) >= 11 is 0. The number of rotatable bonds is 0. The lowest BCUT2D eigenvalue weighted by atomic mass is 9.83. The molecule has 80 valence electrons. The van der Waals surface area contributed by atoms with Crippen LogP contribution in [0.3, 0.4) is 0 Å². The summed E-state index contributed by atoms with van der Waals surface area (Å²) in [6, 6.07) is 5.22. The van der Waals surface area contributed by atoms with Gasteiger partial charge in [-0.2, -0.15) is 0 Å². The number of hydrogen-bond donors (Lipinski definition) is 1. The molecule has 1 fully saturated rings. The van der Waals surface area contributed by atoms with Crippen molar-refractivity contribution in [1.29, 1.82) is 0 Å². The first kappa shape index (κ1) is 9.34. The zero-order chi connectivity index (χ0) is 10.3. The molecule has 1 aliphatic heterocycles. The summed E-state index contributed by atoms with van der Waals surface area (Å²) in [6.07, 6.45) is 6.32. The highest BCUT2D eigenvalue weighted by Gasteiger charge is 2.36. The monoisotopic (exact) mass is 205 g/mol. The van der Waals surface area contributed by atoms with Gasteiger partial charge in [0.2, 0.25) is 0 Å². The van der Waals surface area contributed by atoms with E-state index in [4.69, 9.17) is 0 Å². The van der Waals surface area contributed by atoms with Crippen LogP contribution in [0.4, 0.5) is 4.39 Å². The lowest BCUT2D eigenvalue weighted by molar-refractivity contribution is 0.308. The average molecular weight is 205 g/mol. The second kappa shape index (κ2) is 3.31. The second-order valence-corrected chi connectivity index (χ2v) is 4.93. The van der Waals surface area contributed by atoms with E-state index in [1.165, 1.54) is 31.2 Å². The van der Waals surface area contributed by atoms with Gasteiger partial charge in [-0.05, 0) is 42.5 Å². The van der Waals surface area contributed by atoms with E-state index in [1.807, 2.05) is 6.07 Å². The Bertz CT molecular complexity index is 380. The van der Waals surface area contributed by atoms with E-state index in [0.717, 1.165) is 18.5 Å². The van der Waals surface area contributed by atoms with Gasteiger partial charge in [0, 0.05) is 12.1 Å². The minimum Gasteiger partial charge on any atom is -0.307 e. The van der Waals surface area contributed by atoms with Crippen molar-refractivity contribution in [3.8, 4) is 0 Å². The van der Waals surface area contributed by atoms with E-state index in [2.05, 4.69) is 5.32 Å². The van der Waals surface area contributed by atoms with Gasteiger partial charge < -0.3 is 5.32 Å². The number of nitrogens with one attached hydrogen (secondary N) is 1. The third-order valence-corrected chi connectivity index (χ3v) is 3.91. The van der Waals surface area contributed by atoms with Crippen LogP contribution < -0.4 is 5.32 Å². The van der Waals surface area contributed by atoms with Crippen molar-refractivity contribution in [3.63, 3.8) is 0 Å². The van der Waals surface area contributed by atoms with Crippen LogP contribution >= 0.6 is 0 Å². The quantitative estimate of drug-likeness (QED) is 0.686. The van der Waals surface area contributed by atoms with E-state index in [0.29, 0.717) is 5.54 Å². The second-order valence-electron chi connectivity index (χ2n) is 4.93. The highest BCUT2D eigenvalue weighted by molar-refractivity contribution is 5.32. The van der Waals surface area contributed by atoms with Crippen LogP contribution in [0.15, 0.2) is 18.2 Å². The van der Waals surface area contributed by atoms with Crippen molar-refractivity contribution in [1.82, 2.24) is 5.32 Å². The minimum absolute atomic E-state index is 0.113. The van der Waals surface area contributed by atoms with Gasteiger partial charge in [-0.3, -0.25) is 0 Å². The Morgan fingerprint density at radius 1 is 1.13 bits per heavy atom. The molecule has 1 saturated carbocycles. The molecule has 2 aliphatic rings. The zero-order valence-corrected chi connectivity index (χ0v) is 8.85. The van der Waals surface area contributed by atoms with E-state index in [1.54, 1.807) is 12.1 Å². The van der Waals surface area contributed by atoms with Crippen LogP contribution in [0.1, 0.15) is 36.8 Å². The molecule has 1 aliphatic carbocycles. The summed E-state index contributed by atoms with van der Waals surface area (Å²) in [6.45, 7) is 0.840. The third kappa shape index (κ3) is 1.57. The molecule has 1 N–H and O–H groups in total. The SMILES string of the molecule is Fc1ccc2c(c1)CNC1(CCCC1)C2. The van der Waals surface area contributed by atoms with Crippen molar-refractivity contribution in [2.75, 3.05) is 0 Å². The molecule has 1 nitrogen and oxygen atoms in total. The molecule has 0 saturated heterocycles. The summed E-state index contributed by atoms with van der Waals surface area (Å²) < 4.78 is 13.0. The molecule has 0 unspecified atom stereocenters. The fourth-order valence-electron chi connectivity index (χ4n) is 3.05. The Labute approximate surface area is 89.7 Å². The third-order valence-electron chi connectivity index (χ3n) is 3.91. The number of fused-ring (bicyclic) bond motifs is 1. The lowest BCUT2D eigenvalue weighted by Crippen LogP contribution is -2.47. The van der Waals surface area contributed by atoms with E-state index in [9.17, 15) is 4.39 Å². The van der Waals surface area contributed by atoms with Crippen LogP contribution in [0.5, 0.6) is 0 Å². The highest BCUT2D eigenvalue weighted by Crippen LogP contribution is 2.36. The minimum atomic E-state index is -0.113. The lowest BCUT2D eigenvalue weighted by Gasteiger charge is -2.36. The largest absolute Gasteiger partial charge is 0.307 e. The molecule has 0 radical (unpaired) electrons. The molecule has 3 rings (SSSR count). The van der Waals surface area contributed by atoms with E-state index < -0.39 is 0 Å². The maximum atomic E-state index is 13.0. The highest BCUT2D eigenvalue weighted by atomic mass is 19.1. The summed E-state index contributed by atoms with van der Waals surface area (Å²) in [7, 11) is 0. The van der Waals surface area contributed by atoms with Gasteiger partial charge in [0.05, 0.1) is 0 Å². The van der Waals surface area contributed by atoms with Crippen molar-refractivity contribution in [3.05, 3.63) is 35.1 Å². The molecule has 0 bridgehead atoms. The molecule has 1 aromatic carbocycles. The molecule has 0 amide bonds. The first-order valence-electron chi connectivity index (χ1n) is 5.80. The number of benzene rings is 1. The molecule has 0 aromatic heterocycles. The zero-order valence-electron chi connectivity index (χ0n) is 8.85. The molecule has 1 spiro atoms. The molecule has 1 heterocycles. The van der Waals surface area contributed by atoms with Gasteiger partial charge >= 0.3 is 0 Å². The van der Waals surface area contributed by atoms with Crippen LogP contribution in [0.2, 0.25) is 0 Å². The van der Waals surface area contributed by atoms with Crippen LogP contribution in [-0.2, 0) is 13.0 Å². The molecular weight excluding hydrogens is 189 g/mol. The Morgan fingerprint density at radius 2 is 1.93 bits per heavy atom. The topological polar surface area (TPSA) is 12.0 Å². The summed E-state index contributed by atoms with van der Waals surface area (Å²) in [5, 5.41) is 3.61. The maximum Gasteiger partial charge on any atom is 0.123 e. The van der Waals surface area contributed by atoms with Crippen LogP contribution in [0, 0.1) is 5.82 Å². The van der Waals surface area contributed by atoms with Gasteiger partial charge in [0.25, 0.3) is 0 Å². The Balaban J connectivity index is 1.93. The molecular formula is C13H16FN. The number of halogens is 1. The summed E-state index contributed by atoms with van der Waals surface area (Å²) in [4.78, 5) is 0.